The lowest BCUT2D eigenvalue weighted by Crippen LogP contribution is -2.29. The van der Waals surface area contributed by atoms with E-state index in [1.807, 2.05) is 0 Å². The largest absolute Gasteiger partial charge is 0.493 e. The summed E-state index contributed by atoms with van der Waals surface area (Å²) in [5, 5.41) is 10.7. The van der Waals surface area contributed by atoms with E-state index in [9.17, 15) is 14.4 Å². The first-order chi connectivity index (χ1) is 9.85. The van der Waals surface area contributed by atoms with Crippen LogP contribution in [0.3, 0.4) is 0 Å². The molecule has 0 radical (unpaired) electrons. The van der Waals surface area contributed by atoms with E-state index in [2.05, 4.69) is 5.32 Å². The number of carboxylic acids is 1. The fourth-order valence-corrected chi connectivity index (χ4v) is 1.66. The van der Waals surface area contributed by atoms with Gasteiger partial charge in [0, 0.05) is 5.56 Å². The normalized spacial score (nSPS) is 9.81. The molecule has 114 valence electrons. The molecule has 0 atom stereocenters. The topological polar surface area (TPSA) is 128 Å². The van der Waals surface area contributed by atoms with Crippen molar-refractivity contribution in [3.8, 4) is 11.5 Å². The first kappa shape index (κ1) is 16.6. The van der Waals surface area contributed by atoms with E-state index in [4.69, 9.17) is 31.9 Å². The molecule has 1 aromatic rings. The minimum absolute atomic E-state index is 0.0241. The van der Waals surface area contributed by atoms with Crippen LogP contribution in [0.15, 0.2) is 12.1 Å². The van der Waals surface area contributed by atoms with Crippen molar-refractivity contribution in [3.05, 3.63) is 22.7 Å². The number of carbonyl (C=O) groups excluding carboxylic acids is 2. The summed E-state index contributed by atoms with van der Waals surface area (Å²) in [6.45, 7) is -0.931. The first-order valence-corrected chi connectivity index (χ1v) is 6.01. The number of hydrogen-bond donors (Lipinski definition) is 3. The predicted octanol–water partition coefficient (Wildman–Crippen LogP) is 0.0271. The smallest absolute Gasteiger partial charge is 0.322 e. The fourth-order valence-electron chi connectivity index (χ4n) is 1.39. The highest BCUT2D eigenvalue weighted by molar-refractivity contribution is 6.32. The Morgan fingerprint density at radius 2 is 2.05 bits per heavy atom. The van der Waals surface area contributed by atoms with Crippen molar-refractivity contribution >= 4 is 29.4 Å². The number of carbonyl (C=O) groups is 3. The highest BCUT2D eigenvalue weighted by atomic mass is 35.5. The highest BCUT2D eigenvalue weighted by Gasteiger charge is 2.17. The van der Waals surface area contributed by atoms with Crippen molar-refractivity contribution in [2.75, 3.05) is 20.3 Å². The van der Waals surface area contributed by atoms with Gasteiger partial charge in [-0.05, 0) is 12.1 Å². The molecular formula is C12H13ClN2O6. The average Bonchev–Trinajstić information content (AvgIpc) is 2.42. The van der Waals surface area contributed by atoms with Crippen LogP contribution in [-0.2, 0) is 9.59 Å². The third kappa shape index (κ3) is 4.84. The number of carboxylic acid groups (broad SMARTS) is 1. The number of nitrogens with two attached hydrogens (primary N) is 1. The molecule has 9 heteroatoms. The van der Waals surface area contributed by atoms with E-state index in [0.29, 0.717) is 0 Å². The number of benzene rings is 1. The zero-order valence-corrected chi connectivity index (χ0v) is 11.8. The van der Waals surface area contributed by atoms with Gasteiger partial charge in [-0.3, -0.25) is 14.4 Å². The van der Waals surface area contributed by atoms with Crippen molar-refractivity contribution < 1.29 is 29.0 Å². The van der Waals surface area contributed by atoms with Crippen LogP contribution < -0.4 is 20.5 Å². The maximum absolute atomic E-state index is 11.7. The number of aliphatic carboxylic acids is 1. The lowest BCUT2D eigenvalue weighted by Gasteiger charge is -2.13. The molecule has 0 fully saturated rings. The zero-order valence-electron chi connectivity index (χ0n) is 11.0. The Hall–Kier alpha value is -2.48. The number of amides is 2. The van der Waals surface area contributed by atoms with Crippen LogP contribution in [0.25, 0.3) is 0 Å². The Labute approximate surface area is 124 Å². The molecule has 0 saturated carbocycles. The second-order valence-electron chi connectivity index (χ2n) is 3.82. The number of hydrogen-bond acceptors (Lipinski definition) is 5. The van der Waals surface area contributed by atoms with Crippen LogP contribution in [0, 0.1) is 0 Å². The molecule has 8 nitrogen and oxygen atoms in total. The third-order valence-electron chi connectivity index (χ3n) is 2.25. The number of halogens is 1. The van der Waals surface area contributed by atoms with Gasteiger partial charge in [-0.1, -0.05) is 11.6 Å². The Bertz CT molecular complexity index is 575. The lowest BCUT2D eigenvalue weighted by atomic mass is 10.2. The van der Waals surface area contributed by atoms with Gasteiger partial charge in [0.15, 0.2) is 18.1 Å². The van der Waals surface area contributed by atoms with Crippen LogP contribution >= 0.6 is 11.6 Å². The Morgan fingerprint density at radius 1 is 1.38 bits per heavy atom. The van der Waals surface area contributed by atoms with Crippen LogP contribution in [0.1, 0.15) is 10.4 Å². The molecule has 0 saturated heterocycles. The predicted molar refractivity (Wildman–Crippen MR) is 72.7 cm³/mol. The molecule has 0 aromatic heterocycles. The maximum atomic E-state index is 11.7. The number of primary amides is 1. The monoisotopic (exact) mass is 316 g/mol. The summed E-state index contributed by atoms with van der Waals surface area (Å²) in [7, 11) is 1.32. The number of rotatable bonds is 7. The van der Waals surface area contributed by atoms with Crippen LogP contribution in [0.4, 0.5) is 0 Å². The van der Waals surface area contributed by atoms with Gasteiger partial charge in [-0.25, -0.2) is 0 Å². The van der Waals surface area contributed by atoms with Crippen molar-refractivity contribution in [2.45, 2.75) is 0 Å². The average molecular weight is 317 g/mol. The summed E-state index contributed by atoms with van der Waals surface area (Å²) in [6, 6.07) is 2.57. The molecule has 0 heterocycles. The minimum atomic E-state index is -1.18. The molecule has 0 aliphatic rings. The molecular weight excluding hydrogens is 304 g/mol. The summed E-state index contributed by atoms with van der Waals surface area (Å²) < 4.78 is 10.1. The minimum Gasteiger partial charge on any atom is -0.493 e. The quantitative estimate of drug-likeness (QED) is 0.651. The van der Waals surface area contributed by atoms with Gasteiger partial charge in [-0.15, -0.1) is 0 Å². The molecule has 0 aliphatic heterocycles. The summed E-state index contributed by atoms with van der Waals surface area (Å²) in [6.07, 6.45) is 0. The molecule has 1 rings (SSSR count). The summed E-state index contributed by atoms with van der Waals surface area (Å²) in [4.78, 5) is 32.8. The second-order valence-corrected chi connectivity index (χ2v) is 4.23. The van der Waals surface area contributed by atoms with Gasteiger partial charge < -0.3 is 25.6 Å². The molecule has 21 heavy (non-hydrogen) atoms. The van der Waals surface area contributed by atoms with E-state index in [-0.39, 0.29) is 22.1 Å². The number of ether oxygens (including phenoxy) is 2. The van der Waals surface area contributed by atoms with Gasteiger partial charge in [0.2, 0.25) is 0 Å². The van der Waals surface area contributed by atoms with Crippen molar-refractivity contribution in [1.29, 1.82) is 0 Å². The Kier molecular flexibility index (Phi) is 5.79. The van der Waals surface area contributed by atoms with E-state index in [1.165, 1.54) is 19.2 Å². The second kappa shape index (κ2) is 7.34. The van der Waals surface area contributed by atoms with Crippen LogP contribution in [0.5, 0.6) is 11.5 Å². The fraction of sp³-hybridized carbons (Fsp3) is 0.250. The summed E-state index contributed by atoms with van der Waals surface area (Å²) in [5.74, 6) is -2.34. The number of nitrogens with one attached hydrogen (secondary N) is 1. The van der Waals surface area contributed by atoms with Gasteiger partial charge >= 0.3 is 5.97 Å². The van der Waals surface area contributed by atoms with E-state index >= 15 is 0 Å². The van der Waals surface area contributed by atoms with Gasteiger partial charge in [0.05, 0.1) is 12.1 Å². The summed E-state index contributed by atoms with van der Waals surface area (Å²) >= 11 is 5.95. The molecule has 0 spiro atoms. The molecule has 1 aromatic carbocycles. The molecule has 2 amide bonds. The maximum Gasteiger partial charge on any atom is 0.322 e. The van der Waals surface area contributed by atoms with Gasteiger partial charge in [-0.2, -0.15) is 0 Å². The Morgan fingerprint density at radius 3 is 2.57 bits per heavy atom. The third-order valence-corrected chi connectivity index (χ3v) is 2.53. The first-order valence-electron chi connectivity index (χ1n) is 5.63. The van der Waals surface area contributed by atoms with Crippen LogP contribution in [0.2, 0.25) is 5.02 Å². The number of methoxy groups -OCH3 is 1. The molecule has 0 aliphatic carbocycles. The lowest BCUT2D eigenvalue weighted by molar-refractivity contribution is -0.135. The SMILES string of the molecule is COc1cc(C(=O)NCC(=O)O)cc(Cl)c1OCC(N)=O. The molecule has 4 N–H and O–H groups in total. The highest BCUT2D eigenvalue weighted by Crippen LogP contribution is 2.36. The van der Waals surface area contributed by atoms with Gasteiger partial charge in [0.25, 0.3) is 11.8 Å². The van der Waals surface area contributed by atoms with E-state index in [1.54, 1.807) is 0 Å². The Balaban J connectivity index is 2.99. The summed E-state index contributed by atoms with van der Waals surface area (Å²) in [5.41, 5.74) is 5.05. The van der Waals surface area contributed by atoms with Gasteiger partial charge in [0.1, 0.15) is 6.54 Å². The molecule has 0 bridgehead atoms. The standard InChI is InChI=1S/C12H13ClN2O6/c1-20-8-3-6(12(19)15-4-10(17)18)2-7(13)11(8)21-5-9(14)16/h2-3H,4-5H2,1H3,(H2,14,16)(H,15,19)(H,17,18). The van der Waals surface area contributed by atoms with Crippen LogP contribution in [-0.4, -0.2) is 43.2 Å². The van der Waals surface area contributed by atoms with E-state index < -0.39 is 30.9 Å². The van der Waals surface area contributed by atoms with Crippen molar-refractivity contribution in [2.24, 2.45) is 5.73 Å². The van der Waals surface area contributed by atoms with Crippen molar-refractivity contribution in [3.63, 3.8) is 0 Å². The zero-order chi connectivity index (χ0) is 16.0. The van der Waals surface area contributed by atoms with E-state index in [0.717, 1.165) is 0 Å². The molecule has 0 unspecified atom stereocenters. The van der Waals surface area contributed by atoms with Crippen molar-refractivity contribution in [1.82, 2.24) is 5.32 Å².